The van der Waals surface area contributed by atoms with Gasteiger partial charge in [0.1, 0.15) is 9.81 Å². The maximum Gasteiger partial charge on any atom is 0.286 e. The summed E-state index contributed by atoms with van der Waals surface area (Å²) in [7, 11) is 0. The first-order valence-corrected chi connectivity index (χ1v) is 12.2. The highest BCUT2D eigenvalue weighted by molar-refractivity contribution is 8.29. The highest BCUT2D eigenvalue weighted by Gasteiger charge is 2.43. The van der Waals surface area contributed by atoms with E-state index in [4.69, 9.17) is 24.4 Å². The molecule has 0 unspecified atom stereocenters. The van der Waals surface area contributed by atoms with Crippen LogP contribution in [0.2, 0.25) is 0 Å². The Bertz CT molecular complexity index is 1190. The lowest BCUT2D eigenvalue weighted by Gasteiger charge is -2.16. The summed E-state index contributed by atoms with van der Waals surface area (Å²) in [6.07, 6.45) is 0. The summed E-state index contributed by atoms with van der Waals surface area (Å²) >= 11 is 12.2. The third kappa shape index (κ3) is 4.75. The lowest BCUT2D eigenvalue weighted by Crippen LogP contribution is -2.45. The molecule has 0 radical (unpaired) electrons. The van der Waals surface area contributed by atoms with Crippen molar-refractivity contribution in [3.63, 3.8) is 0 Å². The van der Waals surface area contributed by atoms with E-state index >= 15 is 0 Å². The average Bonchev–Trinajstić information content (AvgIpc) is 3.24. The molecular weight excluding hydrogens is 513 g/mol. The topological polar surface area (TPSA) is 98.8 Å². The Balaban J connectivity index is 1.50. The lowest BCUT2D eigenvalue weighted by atomic mass is 10.1. The first kappa shape index (κ1) is 24.1. The maximum absolute atomic E-state index is 13.0. The van der Waals surface area contributed by atoms with E-state index in [1.807, 2.05) is 13.8 Å². The summed E-state index contributed by atoms with van der Waals surface area (Å²) < 4.78 is 0.129. The van der Waals surface area contributed by atoms with Crippen LogP contribution in [-0.2, 0) is 9.59 Å². The van der Waals surface area contributed by atoms with E-state index in [9.17, 15) is 19.2 Å². The Hall–Kier alpha value is -3.06. The van der Waals surface area contributed by atoms with E-state index in [0.29, 0.717) is 11.1 Å². The van der Waals surface area contributed by atoms with Gasteiger partial charge in [-0.2, -0.15) is 10.0 Å². The molecule has 12 heteroatoms. The molecule has 0 atom stereocenters. The van der Waals surface area contributed by atoms with E-state index < -0.39 is 23.6 Å². The molecule has 2 saturated heterocycles. The molecule has 2 aromatic rings. The molecule has 4 amide bonds. The molecule has 8 nitrogen and oxygen atoms in total. The zero-order valence-electron chi connectivity index (χ0n) is 17.8. The number of nitrogens with one attached hydrogen (secondary N) is 2. The second-order valence-electron chi connectivity index (χ2n) is 7.29. The largest absolute Gasteiger partial charge is 0.286 e. The van der Waals surface area contributed by atoms with Crippen LogP contribution in [0.15, 0.2) is 58.3 Å². The van der Waals surface area contributed by atoms with E-state index in [0.717, 1.165) is 44.7 Å². The standard InChI is InChI=1S/C22H16N4O4S4/c1-11-3-7-13(8-4-11)17(27)23-25-19(29)15(33-21(25)31)16-20(30)26(22(32)34-16)24-18(28)14-9-5-12(2)6-10-14/h3-10H,1-2H3,(H,23,27)(H,24,28)/b16-15+. The van der Waals surface area contributed by atoms with Crippen molar-refractivity contribution in [2.24, 2.45) is 0 Å². The Morgan fingerprint density at radius 1 is 0.676 bits per heavy atom. The van der Waals surface area contributed by atoms with Crippen molar-refractivity contribution < 1.29 is 19.2 Å². The van der Waals surface area contributed by atoms with Crippen molar-refractivity contribution in [2.75, 3.05) is 0 Å². The Morgan fingerprint density at radius 2 is 1.00 bits per heavy atom. The van der Waals surface area contributed by atoms with E-state index in [1.165, 1.54) is 0 Å². The Kier molecular flexibility index (Phi) is 6.84. The number of amides is 4. The summed E-state index contributed by atoms with van der Waals surface area (Å²) in [4.78, 5) is 51.1. The molecule has 34 heavy (non-hydrogen) atoms. The van der Waals surface area contributed by atoms with Crippen molar-refractivity contribution in [1.82, 2.24) is 20.9 Å². The van der Waals surface area contributed by atoms with Gasteiger partial charge in [-0.15, -0.1) is 0 Å². The van der Waals surface area contributed by atoms with Gasteiger partial charge in [0, 0.05) is 11.1 Å². The van der Waals surface area contributed by atoms with Gasteiger partial charge in [-0.1, -0.05) is 58.9 Å². The normalized spacial score (nSPS) is 18.1. The summed E-state index contributed by atoms with van der Waals surface area (Å²) in [6.45, 7) is 3.78. The number of hydrazine groups is 2. The highest BCUT2D eigenvalue weighted by atomic mass is 32.2. The van der Waals surface area contributed by atoms with Gasteiger partial charge in [-0.05, 0) is 62.5 Å². The zero-order chi connectivity index (χ0) is 24.6. The fraction of sp³-hybridized carbons (Fsp3) is 0.0909. The molecule has 4 rings (SSSR count). The van der Waals surface area contributed by atoms with Crippen molar-refractivity contribution in [1.29, 1.82) is 0 Å². The van der Waals surface area contributed by atoms with Crippen molar-refractivity contribution in [2.45, 2.75) is 13.8 Å². The molecule has 2 aromatic carbocycles. The molecule has 0 aliphatic carbocycles. The molecule has 0 saturated carbocycles. The number of benzene rings is 2. The van der Waals surface area contributed by atoms with Crippen LogP contribution < -0.4 is 10.9 Å². The number of thioether (sulfide) groups is 2. The van der Waals surface area contributed by atoms with Crippen LogP contribution in [0.4, 0.5) is 0 Å². The van der Waals surface area contributed by atoms with Gasteiger partial charge in [0.15, 0.2) is 8.64 Å². The van der Waals surface area contributed by atoms with Crippen LogP contribution in [-0.4, -0.2) is 42.3 Å². The predicted molar refractivity (Wildman–Crippen MR) is 138 cm³/mol. The van der Waals surface area contributed by atoms with Gasteiger partial charge < -0.3 is 0 Å². The minimum Gasteiger partial charge on any atom is -0.267 e. The average molecular weight is 529 g/mol. The quantitative estimate of drug-likeness (QED) is 0.461. The monoisotopic (exact) mass is 528 g/mol. The molecule has 2 fully saturated rings. The van der Waals surface area contributed by atoms with Gasteiger partial charge in [0.05, 0.1) is 0 Å². The number of aryl methyl sites for hydroxylation is 2. The van der Waals surface area contributed by atoms with Gasteiger partial charge >= 0.3 is 0 Å². The molecule has 2 N–H and O–H groups in total. The van der Waals surface area contributed by atoms with Crippen LogP contribution in [0.5, 0.6) is 0 Å². The van der Waals surface area contributed by atoms with Crippen LogP contribution in [0.3, 0.4) is 0 Å². The predicted octanol–water partition coefficient (Wildman–Crippen LogP) is 3.23. The van der Waals surface area contributed by atoms with Crippen LogP contribution in [0.25, 0.3) is 0 Å². The minimum absolute atomic E-state index is 0.0265. The molecule has 0 spiro atoms. The van der Waals surface area contributed by atoms with Crippen LogP contribution >= 0.6 is 48.0 Å². The minimum atomic E-state index is -0.652. The molecule has 172 valence electrons. The van der Waals surface area contributed by atoms with Crippen molar-refractivity contribution in [3.8, 4) is 0 Å². The molecule has 2 heterocycles. The van der Waals surface area contributed by atoms with Gasteiger partial charge in [-0.25, -0.2) is 0 Å². The molecule has 0 bridgehead atoms. The summed E-state index contributed by atoms with van der Waals surface area (Å²) in [5.74, 6) is -2.34. The summed E-state index contributed by atoms with van der Waals surface area (Å²) in [5.41, 5.74) is 7.62. The fourth-order valence-electron chi connectivity index (χ4n) is 2.94. The van der Waals surface area contributed by atoms with Gasteiger partial charge in [0.2, 0.25) is 0 Å². The van der Waals surface area contributed by atoms with Gasteiger partial charge in [0.25, 0.3) is 23.6 Å². The third-order valence-electron chi connectivity index (χ3n) is 4.80. The van der Waals surface area contributed by atoms with Crippen LogP contribution in [0, 0.1) is 13.8 Å². The Labute approximate surface area is 214 Å². The third-order valence-corrected chi connectivity index (χ3v) is 7.67. The zero-order valence-corrected chi connectivity index (χ0v) is 21.0. The Morgan fingerprint density at radius 3 is 1.32 bits per heavy atom. The highest BCUT2D eigenvalue weighted by Crippen LogP contribution is 2.41. The van der Waals surface area contributed by atoms with E-state index in [1.54, 1.807) is 48.5 Å². The molecule has 0 aromatic heterocycles. The van der Waals surface area contributed by atoms with E-state index in [2.05, 4.69) is 10.9 Å². The summed E-state index contributed by atoms with van der Waals surface area (Å²) in [5, 5.41) is 1.85. The van der Waals surface area contributed by atoms with E-state index in [-0.39, 0.29) is 18.5 Å². The number of hydrogen-bond donors (Lipinski definition) is 2. The fourth-order valence-corrected chi connectivity index (χ4v) is 5.46. The molecule has 2 aliphatic heterocycles. The number of thiocarbonyl (C=S) groups is 2. The summed E-state index contributed by atoms with van der Waals surface area (Å²) in [6, 6.07) is 13.6. The van der Waals surface area contributed by atoms with Crippen LogP contribution in [0.1, 0.15) is 31.8 Å². The first-order valence-electron chi connectivity index (χ1n) is 9.78. The van der Waals surface area contributed by atoms with Gasteiger partial charge in [-0.3, -0.25) is 30.0 Å². The second-order valence-corrected chi connectivity index (χ2v) is 10.6. The van der Waals surface area contributed by atoms with Crippen molar-refractivity contribution >= 4 is 80.2 Å². The maximum atomic E-state index is 13.0. The number of rotatable bonds is 4. The SMILES string of the molecule is Cc1ccc(C(=O)NN2C(=O)/C(=C3\SC(=S)N(NC(=O)c4ccc(C)cc4)C3=O)SC2=S)cc1. The van der Waals surface area contributed by atoms with Crippen molar-refractivity contribution in [3.05, 3.63) is 80.6 Å². The number of carbonyl (C=O) groups is 4. The number of hydrogen-bond acceptors (Lipinski definition) is 8. The smallest absolute Gasteiger partial charge is 0.267 e. The number of carbonyl (C=O) groups excluding carboxylic acids is 4. The first-order chi connectivity index (χ1) is 16.2. The molecule has 2 aliphatic rings. The second kappa shape index (κ2) is 9.66. The lowest BCUT2D eigenvalue weighted by molar-refractivity contribution is -0.126. The number of nitrogens with zero attached hydrogens (tertiary/aromatic N) is 2. The molecular formula is C22H16N4O4S4.